The molecule has 5 aliphatic heterocycles. The number of aryl methyl sites for hydroxylation is 6. The molecule has 5 aliphatic rings. The maximum Gasteiger partial charge on any atom is 1.00 e. The quantitative estimate of drug-likeness (QED) is 0.0505. The predicted molar refractivity (Wildman–Crippen MR) is 456 cm³/mol. The summed E-state index contributed by atoms with van der Waals surface area (Å²) in [6, 6.07) is 10.5. The number of nitrogens with zero attached hydrogens (tertiary/aromatic N) is 8. The van der Waals surface area contributed by atoms with E-state index in [4.69, 9.17) is 52.8 Å². The zero-order valence-corrected chi connectivity index (χ0v) is 71.6. The third-order valence-electron chi connectivity index (χ3n) is 22.6. The molecule has 14 rings (SSSR count). The number of pyridine rings is 3. The van der Waals surface area contributed by atoms with Gasteiger partial charge in [0.15, 0.2) is 59.3 Å². The second-order valence-corrected chi connectivity index (χ2v) is 34.1. The SMILES string of the molecule is C.C.C.COC(=O)[C@@H](OC(C)(C)C)c1c(C)nc2c(cc(C=O)n2C)c1-c1cc(F)c2c(c1C)CCCO2.COC(=O)[C@@H](OC(C)(C)C)c1c(C)nc2c(cc(CN3CCCCC3)n2C)c1-c1cc(F)c2c(c1C)CCCO2.Cc1nc2c(cc(CN3CCCCC3)n2C)c(-c2cc(F)c3c(c2C)CCCO3)c1[C@H](OC(C)(C)C)C(=O)O.[Li+].[OH-]. The number of carbonyl (C=O) groups excluding carboxylic acids is 3. The number of benzene rings is 3. The molecule has 22 nitrogen and oxygen atoms in total. The average molecular weight is 1640 g/mol. The monoisotopic (exact) mass is 1640 g/mol. The van der Waals surface area contributed by atoms with Crippen molar-refractivity contribution in [2.45, 2.75) is 251 Å². The number of rotatable bonds is 17. The number of fused-ring (bicyclic) bond motifs is 6. The first kappa shape index (κ1) is 97.5. The number of hydrogen-bond donors (Lipinski definition) is 1. The van der Waals surface area contributed by atoms with Gasteiger partial charge < -0.3 is 62.2 Å². The number of ether oxygens (including phenoxy) is 8. The molecule has 0 bridgehead atoms. The number of methoxy groups -OCH3 is 2. The van der Waals surface area contributed by atoms with Gasteiger partial charge in [0.1, 0.15) is 16.9 Å². The number of carboxylic acids is 1. The number of halogens is 3. The minimum Gasteiger partial charge on any atom is -0.870 e. The summed E-state index contributed by atoms with van der Waals surface area (Å²) in [7, 11) is 8.46. The zero-order valence-electron chi connectivity index (χ0n) is 71.6. The van der Waals surface area contributed by atoms with Crippen LogP contribution in [-0.2, 0) is 91.6 Å². The van der Waals surface area contributed by atoms with Crippen molar-refractivity contribution in [3.63, 3.8) is 0 Å². The van der Waals surface area contributed by atoms with Crippen molar-refractivity contribution in [2.75, 3.05) is 60.2 Å². The Bertz CT molecular complexity index is 5210. The van der Waals surface area contributed by atoms with Crippen LogP contribution >= 0.6 is 0 Å². The van der Waals surface area contributed by atoms with Crippen LogP contribution in [-0.4, -0.2) is 150 Å². The molecule has 2 N–H and O–H groups in total. The van der Waals surface area contributed by atoms with Crippen LogP contribution in [0, 0.1) is 59.0 Å². The van der Waals surface area contributed by atoms with E-state index in [0.717, 1.165) is 149 Å². The molecule has 0 radical (unpaired) electrons. The van der Waals surface area contributed by atoms with Gasteiger partial charge in [-0.15, -0.1) is 0 Å². The van der Waals surface area contributed by atoms with Crippen molar-refractivity contribution >= 4 is 57.3 Å². The molecule has 11 heterocycles. The second-order valence-electron chi connectivity index (χ2n) is 34.1. The summed E-state index contributed by atoms with van der Waals surface area (Å²) in [5.74, 6) is -2.55. The van der Waals surface area contributed by atoms with Gasteiger partial charge in [0.05, 0.1) is 56.5 Å². The molecule has 6 aromatic heterocycles. The number of aldehydes is 1. The maximum atomic E-state index is 15.6. The number of carboxylic acid groups (broad SMARTS) is 1. The minimum absolute atomic E-state index is 0. The molecule has 0 saturated carbocycles. The van der Waals surface area contributed by atoms with Crippen LogP contribution < -0.4 is 33.1 Å². The molecule has 644 valence electrons. The Balaban J connectivity index is 0.000000242. The molecule has 3 atom stereocenters. The van der Waals surface area contributed by atoms with Crippen molar-refractivity contribution in [1.82, 2.24) is 38.5 Å². The van der Waals surface area contributed by atoms with Crippen LogP contribution in [0.5, 0.6) is 17.2 Å². The fraction of sp³-hybridized carbons (Fsp3) is 0.538. The molecular formula is C93H126F3LiN8O14. The molecular weight excluding hydrogens is 1520 g/mol. The van der Waals surface area contributed by atoms with Crippen LogP contribution in [0.4, 0.5) is 13.2 Å². The summed E-state index contributed by atoms with van der Waals surface area (Å²) in [5.41, 5.74) is 15.3. The summed E-state index contributed by atoms with van der Waals surface area (Å²) in [6.07, 6.45) is 9.23. The summed E-state index contributed by atoms with van der Waals surface area (Å²) in [6.45, 7) is 35.5. The number of aliphatic carboxylic acids is 1. The van der Waals surface area contributed by atoms with Gasteiger partial charge in [-0.25, -0.2) is 42.5 Å². The summed E-state index contributed by atoms with van der Waals surface area (Å²) in [5, 5.41) is 12.7. The average Bonchev–Trinajstić information content (AvgIpc) is 1.66. The number of hydrogen-bond acceptors (Lipinski definition) is 18. The van der Waals surface area contributed by atoms with Crippen LogP contribution in [0.25, 0.3) is 66.5 Å². The topological polar surface area (TPSA) is 252 Å². The number of piperidine rings is 2. The van der Waals surface area contributed by atoms with Gasteiger partial charge in [0.2, 0.25) is 0 Å². The summed E-state index contributed by atoms with van der Waals surface area (Å²) >= 11 is 0. The molecule has 3 aromatic carbocycles. The van der Waals surface area contributed by atoms with E-state index < -0.39 is 64.7 Å². The Labute approximate surface area is 713 Å². The van der Waals surface area contributed by atoms with Gasteiger partial charge in [-0.1, -0.05) is 35.1 Å². The van der Waals surface area contributed by atoms with Gasteiger partial charge in [0, 0.05) is 129 Å². The number of aromatic nitrogens is 6. The minimum atomic E-state index is -1.27. The van der Waals surface area contributed by atoms with Crippen LogP contribution in [0.15, 0.2) is 36.4 Å². The van der Waals surface area contributed by atoms with Crippen molar-refractivity contribution < 1.29 is 99.7 Å². The maximum absolute atomic E-state index is 15.6. The fourth-order valence-electron chi connectivity index (χ4n) is 17.1. The van der Waals surface area contributed by atoms with Gasteiger partial charge >= 0.3 is 36.8 Å². The van der Waals surface area contributed by atoms with Crippen molar-refractivity contribution in [3.8, 4) is 50.6 Å². The van der Waals surface area contributed by atoms with E-state index in [1.807, 2.05) is 111 Å². The van der Waals surface area contributed by atoms with Crippen molar-refractivity contribution in [1.29, 1.82) is 0 Å². The standard InChI is InChI=1S/C32H42FN3O4.C31H40FN3O4.C27H31FN2O5.3CH4.Li.H2O/c1-19-22-12-11-15-39-28(22)25(33)17-23(19)27-24-16-21(18-36-13-9-8-10-14-36)35(6)30(24)34-20(2)26(27)29(31(37)38-7)40-32(3,4)5;1-18-21-11-10-14-38-27(21)24(32)16-22(18)26-23-15-20(17-35-12-8-7-9-13-35)34(6)29(23)33-19(2)25(26)28(30(36)37)39-31(3,4)5;1-14-17-9-8-10-34-23(17)20(28)12-18(14)22-19-11-16(13-31)30(6)25(19)29-15(2)21(22)24(26(32)33-7)35-27(3,4)5;;;;;/h16-17,29H,8-15,18H2,1-7H3;15-16,28H,7-14,17H2,1-6H3,(H,36,37);11-13,24H,8-10H2,1-7H3;3*1H4;;1H2/q;;;;;;+1;/p-1/t29-;28-;24-;;;;;/m000...../s1. The Morgan fingerprint density at radius 3 is 1.06 bits per heavy atom. The second kappa shape index (κ2) is 39.5. The van der Waals surface area contributed by atoms with E-state index in [2.05, 4.69) is 31.1 Å². The Kier molecular flexibility index (Phi) is 32.3. The van der Waals surface area contributed by atoms with E-state index in [1.165, 1.54) is 64.9 Å². The van der Waals surface area contributed by atoms with E-state index in [9.17, 15) is 24.3 Å². The van der Waals surface area contributed by atoms with E-state index in [-0.39, 0.29) is 58.2 Å². The van der Waals surface area contributed by atoms with Crippen LogP contribution in [0.1, 0.15) is 250 Å². The molecule has 0 aliphatic carbocycles. The molecule has 0 unspecified atom stereocenters. The predicted octanol–water partition coefficient (Wildman–Crippen LogP) is 16.5. The first-order chi connectivity index (χ1) is 53.9. The molecule has 0 amide bonds. The number of esters is 2. The molecule has 119 heavy (non-hydrogen) atoms. The van der Waals surface area contributed by atoms with E-state index in [1.54, 1.807) is 30.7 Å². The fourth-order valence-corrected chi connectivity index (χ4v) is 17.1. The molecule has 0 spiro atoms. The largest absolute Gasteiger partial charge is 1.00 e. The Morgan fingerprint density at radius 2 is 0.765 bits per heavy atom. The Morgan fingerprint density at radius 1 is 0.471 bits per heavy atom. The normalized spacial score (nSPS) is 15.6. The van der Waals surface area contributed by atoms with Gasteiger partial charge in [0.25, 0.3) is 0 Å². The number of likely N-dealkylation sites (tertiary alicyclic amines) is 2. The van der Waals surface area contributed by atoms with Crippen LogP contribution in [0.2, 0.25) is 0 Å². The third kappa shape index (κ3) is 20.3. The van der Waals surface area contributed by atoms with E-state index in [0.29, 0.717) is 117 Å². The molecule has 2 fully saturated rings. The van der Waals surface area contributed by atoms with Crippen molar-refractivity contribution in [3.05, 3.63) is 138 Å². The first-order valence-electron chi connectivity index (χ1n) is 40.1. The summed E-state index contributed by atoms with van der Waals surface area (Å²) < 4.78 is 98.6. The summed E-state index contributed by atoms with van der Waals surface area (Å²) in [4.78, 5) is 70.5. The number of carbonyl (C=O) groups is 4. The molecule has 26 heteroatoms. The first-order valence-corrected chi connectivity index (χ1v) is 40.1. The molecule has 9 aromatic rings. The third-order valence-corrected chi connectivity index (χ3v) is 22.6. The zero-order chi connectivity index (χ0) is 82.5. The van der Waals surface area contributed by atoms with E-state index >= 15 is 13.2 Å². The Hall–Kier alpha value is -8.64. The van der Waals surface area contributed by atoms with Crippen molar-refractivity contribution in [2.24, 2.45) is 21.1 Å². The van der Waals surface area contributed by atoms with Gasteiger partial charge in [-0.2, -0.15) is 0 Å². The van der Waals surface area contributed by atoms with Gasteiger partial charge in [-0.3, -0.25) is 14.6 Å². The van der Waals surface area contributed by atoms with Gasteiger partial charge in [-0.05, 0) is 264 Å². The smallest absolute Gasteiger partial charge is 0.870 e. The molecule has 2 saturated heterocycles. The van der Waals surface area contributed by atoms with Crippen LogP contribution in [0.3, 0.4) is 0 Å².